The normalized spacial score (nSPS) is 13.7. The second kappa shape index (κ2) is 7.39. The first-order valence-electron chi connectivity index (χ1n) is 8.38. The highest BCUT2D eigenvalue weighted by Crippen LogP contribution is 2.40. The van der Waals surface area contributed by atoms with Crippen LogP contribution in [0.25, 0.3) is 10.9 Å². The molecule has 4 heteroatoms. The standard InChI is InChI=1S/C22H17Br2NO/c23-16-9-5-14(6-10-16)21(22(26)15-7-11-17(24)12-8-15)19-13-25-20-4-2-1-3-18(19)20/h1-13,21-22,25-26H/t21-,22+/m1/s1. The minimum atomic E-state index is -0.650. The molecule has 26 heavy (non-hydrogen) atoms. The van der Waals surface area contributed by atoms with Gasteiger partial charge in [-0.05, 0) is 47.0 Å². The molecule has 2 nitrogen and oxygen atoms in total. The van der Waals surface area contributed by atoms with Crippen molar-refractivity contribution in [1.29, 1.82) is 0 Å². The summed E-state index contributed by atoms with van der Waals surface area (Å²) in [6.45, 7) is 0. The average molecular weight is 471 g/mol. The summed E-state index contributed by atoms with van der Waals surface area (Å²) in [5.74, 6) is -0.166. The number of aromatic amines is 1. The van der Waals surface area contributed by atoms with Crippen molar-refractivity contribution in [1.82, 2.24) is 4.98 Å². The number of aliphatic hydroxyl groups excluding tert-OH is 1. The lowest BCUT2D eigenvalue weighted by Gasteiger charge is -2.24. The van der Waals surface area contributed by atoms with Gasteiger partial charge in [0.15, 0.2) is 0 Å². The topological polar surface area (TPSA) is 36.0 Å². The van der Waals surface area contributed by atoms with Crippen LogP contribution in [0.1, 0.15) is 28.7 Å². The summed E-state index contributed by atoms with van der Waals surface area (Å²) in [5, 5.41) is 12.4. The van der Waals surface area contributed by atoms with Crippen LogP contribution >= 0.6 is 31.9 Å². The number of halogens is 2. The van der Waals surface area contributed by atoms with E-state index in [4.69, 9.17) is 0 Å². The molecule has 0 saturated carbocycles. The maximum atomic E-state index is 11.3. The van der Waals surface area contributed by atoms with Gasteiger partial charge in [0.1, 0.15) is 0 Å². The summed E-state index contributed by atoms with van der Waals surface area (Å²) in [6, 6.07) is 24.2. The summed E-state index contributed by atoms with van der Waals surface area (Å²) in [4.78, 5) is 3.34. The molecule has 4 aromatic rings. The maximum Gasteiger partial charge on any atom is 0.0899 e. The van der Waals surface area contributed by atoms with Crippen molar-refractivity contribution < 1.29 is 5.11 Å². The van der Waals surface area contributed by atoms with E-state index in [1.54, 1.807) is 0 Å². The van der Waals surface area contributed by atoms with E-state index in [1.165, 1.54) is 0 Å². The molecular weight excluding hydrogens is 454 g/mol. The van der Waals surface area contributed by atoms with E-state index in [0.717, 1.165) is 36.5 Å². The van der Waals surface area contributed by atoms with E-state index in [9.17, 15) is 5.11 Å². The van der Waals surface area contributed by atoms with Crippen LogP contribution in [-0.4, -0.2) is 10.1 Å². The minimum Gasteiger partial charge on any atom is -0.387 e. The lowest BCUT2D eigenvalue weighted by Crippen LogP contribution is -2.12. The Morgan fingerprint density at radius 1 is 0.731 bits per heavy atom. The first kappa shape index (κ1) is 17.5. The molecule has 130 valence electrons. The first-order chi connectivity index (χ1) is 12.6. The highest BCUT2D eigenvalue weighted by atomic mass is 79.9. The Hall–Kier alpha value is -1.88. The molecule has 1 heterocycles. The van der Waals surface area contributed by atoms with Gasteiger partial charge in [-0.25, -0.2) is 0 Å². The number of benzene rings is 3. The number of aliphatic hydroxyl groups is 1. The molecule has 0 fully saturated rings. The molecule has 2 N–H and O–H groups in total. The van der Waals surface area contributed by atoms with Gasteiger partial charge in [-0.3, -0.25) is 0 Å². The van der Waals surface area contributed by atoms with Crippen molar-refractivity contribution in [3.05, 3.63) is 105 Å². The first-order valence-corrected chi connectivity index (χ1v) is 9.97. The number of fused-ring (bicyclic) bond motifs is 1. The Balaban J connectivity index is 1.86. The number of aromatic nitrogens is 1. The fraction of sp³-hybridized carbons (Fsp3) is 0.0909. The number of hydrogen-bond donors (Lipinski definition) is 2. The van der Waals surface area contributed by atoms with Crippen LogP contribution in [0.4, 0.5) is 0 Å². The van der Waals surface area contributed by atoms with Crippen molar-refractivity contribution in [2.24, 2.45) is 0 Å². The van der Waals surface area contributed by atoms with Crippen molar-refractivity contribution in [2.75, 3.05) is 0 Å². The molecule has 0 aliphatic heterocycles. The second-order valence-electron chi connectivity index (χ2n) is 6.32. The lowest BCUT2D eigenvalue weighted by molar-refractivity contribution is 0.159. The van der Waals surface area contributed by atoms with Crippen LogP contribution in [0.3, 0.4) is 0 Å². The van der Waals surface area contributed by atoms with Crippen molar-refractivity contribution >= 4 is 42.8 Å². The molecular formula is C22H17Br2NO. The Morgan fingerprint density at radius 2 is 1.31 bits per heavy atom. The van der Waals surface area contributed by atoms with Gasteiger partial charge < -0.3 is 10.1 Å². The average Bonchev–Trinajstić information content (AvgIpc) is 3.08. The van der Waals surface area contributed by atoms with Gasteiger partial charge >= 0.3 is 0 Å². The maximum absolute atomic E-state index is 11.3. The summed E-state index contributed by atoms with van der Waals surface area (Å²) in [6.07, 6.45) is 1.36. The molecule has 2 atom stereocenters. The smallest absolute Gasteiger partial charge is 0.0899 e. The molecule has 3 aromatic carbocycles. The van der Waals surface area contributed by atoms with Crippen molar-refractivity contribution in [2.45, 2.75) is 12.0 Å². The predicted octanol–water partition coefficient (Wildman–Crippen LogP) is 6.56. The highest BCUT2D eigenvalue weighted by molar-refractivity contribution is 9.10. The van der Waals surface area contributed by atoms with Gasteiger partial charge in [0.25, 0.3) is 0 Å². The van der Waals surface area contributed by atoms with E-state index in [0.29, 0.717) is 0 Å². The third-order valence-electron chi connectivity index (χ3n) is 4.71. The Morgan fingerprint density at radius 3 is 1.96 bits per heavy atom. The van der Waals surface area contributed by atoms with Crippen LogP contribution in [0.2, 0.25) is 0 Å². The molecule has 0 aliphatic rings. The quantitative estimate of drug-likeness (QED) is 0.348. The van der Waals surface area contributed by atoms with E-state index in [-0.39, 0.29) is 5.92 Å². The van der Waals surface area contributed by atoms with Crippen LogP contribution in [0.5, 0.6) is 0 Å². The third-order valence-corrected chi connectivity index (χ3v) is 5.77. The van der Waals surface area contributed by atoms with Gasteiger partial charge in [0.05, 0.1) is 6.10 Å². The molecule has 0 aliphatic carbocycles. The molecule has 0 unspecified atom stereocenters. The Kier molecular flexibility index (Phi) is 4.98. The largest absolute Gasteiger partial charge is 0.387 e. The number of nitrogens with one attached hydrogen (secondary N) is 1. The summed E-state index contributed by atoms with van der Waals surface area (Å²) in [5.41, 5.74) is 4.14. The van der Waals surface area contributed by atoms with E-state index in [2.05, 4.69) is 61.1 Å². The molecule has 0 bridgehead atoms. The van der Waals surface area contributed by atoms with E-state index < -0.39 is 6.10 Å². The van der Waals surface area contributed by atoms with Gasteiger partial charge in [0, 0.05) is 32.0 Å². The fourth-order valence-electron chi connectivity index (χ4n) is 3.41. The zero-order valence-corrected chi connectivity index (χ0v) is 17.0. The zero-order chi connectivity index (χ0) is 18.1. The monoisotopic (exact) mass is 469 g/mol. The molecule has 0 saturated heterocycles. The molecule has 1 aromatic heterocycles. The summed E-state index contributed by atoms with van der Waals surface area (Å²) in [7, 11) is 0. The minimum absolute atomic E-state index is 0.166. The van der Waals surface area contributed by atoms with Crippen molar-refractivity contribution in [3.63, 3.8) is 0 Å². The Labute approximate surface area is 169 Å². The predicted molar refractivity (Wildman–Crippen MR) is 113 cm³/mol. The number of rotatable bonds is 4. The number of H-pyrrole nitrogens is 1. The van der Waals surface area contributed by atoms with Crippen LogP contribution in [0.15, 0.2) is 87.9 Å². The lowest BCUT2D eigenvalue weighted by atomic mass is 9.83. The third kappa shape index (κ3) is 3.37. The summed E-state index contributed by atoms with van der Waals surface area (Å²) >= 11 is 6.96. The Bertz CT molecular complexity index is 1020. The van der Waals surface area contributed by atoms with E-state index in [1.807, 2.05) is 54.7 Å². The number of para-hydroxylation sites is 1. The van der Waals surface area contributed by atoms with Gasteiger partial charge in [-0.15, -0.1) is 0 Å². The summed E-state index contributed by atoms with van der Waals surface area (Å²) < 4.78 is 2.03. The molecule has 4 rings (SSSR count). The van der Waals surface area contributed by atoms with Crippen LogP contribution in [0, 0.1) is 0 Å². The fourth-order valence-corrected chi connectivity index (χ4v) is 3.93. The van der Waals surface area contributed by atoms with Gasteiger partial charge in [-0.2, -0.15) is 0 Å². The van der Waals surface area contributed by atoms with Gasteiger partial charge in [-0.1, -0.05) is 74.3 Å². The molecule has 0 amide bonds. The second-order valence-corrected chi connectivity index (χ2v) is 8.15. The SMILES string of the molecule is O[C@@H](c1ccc(Br)cc1)[C@H](c1ccc(Br)cc1)c1c[nH]c2ccccc12. The molecule has 0 spiro atoms. The zero-order valence-electron chi connectivity index (χ0n) is 13.9. The van der Waals surface area contributed by atoms with Crippen LogP contribution < -0.4 is 0 Å². The number of hydrogen-bond acceptors (Lipinski definition) is 1. The molecule has 0 radical (unpaired) electrons. The van der Waals surface area contributed by atoms with Gasteiger partial charge in [0.2, 0.25) is 0 Å². The van der Waals surface area contributed by atoms with Crippen LogP contribution in [-0.2, 0) is 0 Å². The highest BCUT2D eigenvalue weighted by Gasteiger charge is 2.27. The van der Waals surface area contributed by atoms with Crippen molar-refractivity contribution in [3.8, 4) is 0 Å². The van der Waals surface area contributed by atoms with E-state index >= 15 is 0 Å².